The Kier molecular flexibility index (Phi) is 6.28. The van der Waals surface area contributed by atoms with Crippen LogP contribution in [0.25, 0.3) is 5.69 Å². The van der Waals surface area contributed by atoms with E-state index in [2.05, 4.69) is 20.1 Å². The van der Waals surface area contributed by atoms with Crippen LogP contribution in [-0.2, 0) is 21.1 Å². The fraction of sp³-hybridized carbons (Fsp3) is 0.300. The summed E-state index contributed by atoms with van der Waals surface area (Å²) in [6, 6.07) is 9.60. The largest absolute Gasteiger partial charge is 0.416 e. The molecule has 2 N–H and O–H groups in total. The lowest BCUT2D eigenvalue weighted by Crippen LogP contribution is -2.43. The minimum absolute atomic E-state index is 0.200. The third-order valence-corrected chi connectivity index (χ3v) is 6.60. The highest BCUT2D eigenvalue weighted by atomic mass is 32.2. The Bertz CT molecular complexity index is 1220. The molecule has 0 atom stereocenters. The first-order valence-corrected chi connectivity index (χ1v) is 11.4. The topological polar surface area (TPSA) is 101 Å². The molecule has 4 rings (SSSR count). The summed E-state index contributed by atoms with van der Waals surface area (Å²) in [4.78, 5) is 4.14. The second-order valence-corrected chi connectivity index (χ2v) is 8.95. The van der Waals surface area contributed by atoms with E-state index in [4.69, 9.17) is 4.74 Å². The number of rotatable bonds is 6. The Morgan fingerprint density at radius 3 is 2.36 bits per heavy atom. The minimum atomic E-state index is -4.42. The van der Waals surface area contributed by atoms with E-state index in [1.165, 1.54) is 27.4 Å². The molecule has 13 heteroatoms. The van der Waals surface area contributed by atoms with Crippen molar-refractivity contribution in [2.45, 2.75) is 13.1 Å². The van der Waals surface area contributed by atoms with Crippen LogP contribution in [0.2, 0.25) is 0 Å². The minimum Gasteiger partial charge on any atom is -0.379 e. The van der Waals surface area contributed by atoms with Crippen molar-refractivity contribution in [3.8, 4) is 5.69 Å². The predicted octanol–water partition coefficient (Wildman–Crippen LogP) is 3.33. The molecule has 9 nitrogen and oxygen atoms in total. The molecule has 1 fully saturated rings. The van der Waals surface area contributed by atoms with Crippen molar-refractivity contribution in [1.29, 1.82) is 0 Å². The van der Waals surface area contributed by atoms with Gasteiger partial charge < -0.3 is 10.1 Å². The molecule has 1 aliphatic heterocycles. The molecule has 2 heterocycles. The maximum Gasteiger partial charge on any atom is 0.416 e. The molecule has 176 valence electrons. The summed E-state index contributed by atoms with van der Waals surface area (Å²) in [7, 11) is -3.73. The van der Waals surface area contributed by atoms with E-state index in [9.17, 15) is 21.6 Å². The number of anilines is 3. The first kappa shape index (κ1) is 23.0. The third-order valence-electron chi connectivity index (χ3n) is 5.08. The van der Waals surface area contributed by atoms with E-state index in [-0.39, 0.29) is 19.0 Å². The summed E-state index contributed by atoms with van der Waals surface area (Å²) >= 11 is 0. The number of morpholine rings is 1. The van der Waals surface area contributed by atoms with E-state index in [1.54, 1.807) is 25.1 Å². The van der Waals surface area contributed by atoms with Gasteiger partial charge in [0.05, 0.1) is 30.2 Å². The Hall–Kier alpha value is -3.16. The van der Waals surface area contributed by atoms with Crippen molar-refractivity contribution in [1.82, 2.24) is 19.1 Å². The van der Waals surface area contributed by atoms with Crippen LogP contribution in [0.5, 0.6) is 0 Å². The lowest BCUT2D eigenvalue weighted by atomic mass is 10.1. The average Bonchev–Trinajstić information content (AvgIpc) is 3.25. The third kappa shape index (κ3) is 5.26. The van der Waals surface area contributed by atoms with Gasteiger partial charge in [0.25, 0.3) is 0 Å². The lowest BCUT2D eigenvalue weighted by molar-refractivity contribution is -0.137. The van der Waals surface area contributed by atoms with Gasteiger partial charge in [-0.1, -0.05) is 6.07 Å². The second-order valence-electron chi connectivity index (χ2n) is 7.28. The number of hydrogen-bond acceptors (Lipinski definition) is 6. The highest BCUT2D eigenvalue weighted by Crippen LogP contribution is 2.30. The molecule has 1 aromatic heterocycles. The van der Waals surface area contributed by atoms with Gasteiger partial charge in [0.15, 0.2) is 0 Å². The quantitative estimate of drug-likeness (QED) is 0.559. The molecule has 0 saturated carbocycles. The molecule has 0 spiro atoms. The van der Waals surface area contributed by atoms with Crippen molar-refractivity contribution in [3.05, 3.63) is 59.9 Å². The Morgan fingerprint density at radius 1 is 1.03 bits per heavy atom. The van der Waals surface area contributed by atoms with Gasteiger partial charge in [0.1, 0.15) is 6.33 Å². The average molecular weight is 482 g/mol. The van der Waals surface area contributed by atoms with Gasteiger partial charge in [-0.25, -0.2) is 4.68 Å². The van der Waals surface area contributed by atoms with Crippen LogP contribution in [0.4, 0.5) is 30.5 Å². The van der Waals surface area contributed by atoms with Gasteiger partial charge in [-0.15, -0.1) is 5.10 Å². The number of hydrogen-bond donors (Lipinski definition) is 2. The highest BCUT2D eigenvalue weighted by molar-refractivity contribution is 7.90. The van der Waals surface area contributed by atoms with Gasteiger partial charge in [-0.2, -0.15) is 30.9 Å². The molecular weight excluding hydrogens is 461 g/mol. The number of halogens is 3. The number of aromatic nitrogens is 3. The van der Waals surface area contributed by atoms with Crippen LogP contribution in [0, 0.1) is 6.92 Å². The Balaban J connectivity index is 1.49. The van der Waals surface area contributed by atoms with Crippen molar-refractivity contribution in [3.63, 3.8) is 0 Å². The van der Waals surface area contributed by atoms with E-state index in [0.29, 0.717) is 35.8 Å². The monoisotopic (exact) mass is 482 g/mol. The zero-order valence-corrected chi connectivity index (χ0v) is 18.3. The highest BCUT2D eigenvalue weighted by Gasteiger charge is 2.30. The SMILES string of the molecule is Cc1c(Nc2ncn(-c3ccc(C(F)(F)F)cc3)n2)cccc1NS(=O)(=O)N1CCOCC1. The fourth-order valence-electron chi connectivity index (χ4n) is 3.24. The van der Waals surface area contributed by atoms with Gasteiger partial charge in [-0.3, -0.25) is 4.72 Å². The lowest BCUT2D eigenvalue weighted by Gasteiger charge is -2.26. The van der Waals surface area contributed by atoms with E-state index in [0.717, 1.165) is 12.1 Å². The predicted molar refractivity (Wildman–Crippen MR) is 116 cm³/mol. The van der Waals surface area contributed by atoms with Crippen molar-refractivity contribution >= 4 is 27.5 Å². The molecular formula is C20H21F3N6O3S. The zero-order valence-electron chi connectivity index (χ0n) is 17.5. The first-order valence-electron chi connectivity index (χ1n) is 9.95. The number of ether oxygens (including phenoxy) is 1. The van der Waals surface area contributed by atoms with Crippen LogP contribution in [0.3, 0.4) is 0 Å². The van der Waals surface area contributed by atoms with Crippen LogP contribution >= 0.6 is 0 Å². The normalized spacial score (nSPS) is 15.4. The van der Waals surface area contributed by atoms with Gasteiger partial charge in [0.2, 0.25) is 5.95 Å². The molecule has 0 bridgehead atoms. The number of nitrogens with one attached hydrogen (secondary N) is 2. The zero-order chi connectivity index (χ0) is 23.6. The van der Waals surface area contributed by atoms with Crippen molar-refractivity contribution in [2.24, 2.45) is 0 Å². The van der Waals surface area contributed by atoms with Crippen LogP contribution in [0.1, 0.15) is 11.1 Å². The molecule has 1 aliphatic rings. The van der Waals surface area contributed by atoms with Crippen LogP contribution in [0.15, 0.2) is 48.8 Å². The summed E-state index contributed by atoms with van der Waals surface area (Å²) in [6.07, 6.45) is -3.05. The van der Waals surface area contributed by atoms with Crippen molar-refractivity contribution in [2.75, 3.05) is 36.3 Å². The Labute approximate surface area is 188 Å². The second kappa shape index (κ2) is 9.00. The van der Waals surface area contributed by atoms with Gasteiger partial charge in [0, 0.05) is 18.8 Å². The molecule has 2 aromatic carbocycles. The standard InChI is InChI=1S/C20H21F3N6O3S/c1-14-17(3-2-4-18(14)27-33(30,31)28-9-11-32-12-10-28)25-19-24-13-29(26-19)16-7-5-15(6-8-16)20(21,22)23/h2-8,13,27H,9-12H2,1H3,(H,25,26). The van der Waals surface area contributed by atoms with Crippen molar-refractivity contribution < 1.29 is 26.3 Å². The summed E-state index contributed by atoms with van der Waals surface area (Å²) in [5, 5.41) is 7.25. The molecule has 1 saturated heterocycles. The number of nitrogens with zero attached hydrogens (tertiary/aromatic N) is 4. The maximum absolute atomic E-state index is 12.8. The smallest absolute Gasteiger partial charge is 0.379 e. The molecule has 33 heavy (non-hydrogen) atoms. The summed E-state index contributed by atoms with van der Waals surface area (Å²) in [5.74, 6) is 0.200. The maximum atomic E-state index is 12.8. The first-order chi connectivity index (χ1) is 15.6. The summed E-state index contributed by atoms with van der Waals surface area (Å²) in [6.45, 7) is 2.98. The van der Waals surface area contributed by atoms with E-state index in [1.807, 2.05) is 0 Å². The van der Waals surface area contributed by atoms with Gasteiger partial charge in [-0.05, 0) is 48.9 Å². The number of alkyl halides is 3. The molecule has 0 radical (unpaired) electrons. The van der Waals surface area contributed by atoms with E-state index >= 15 is 0 Å². The van der Waals surface area contributed by atoms with Crippen LogP contribution in [-0.4, -0.2) is 53.8 Å². The molecule has 0 amide bonds. The molecule has 0 unspecified atom stereocenters. The summed E-state index contributed by atoms with van der Waals surface area (Å²) < 4.78 is 74.0. The molecule has 0 aliphatic carbocycles. The van der Waals surface area contributed by atoms with Crippen LogP contribution < -0.4 is 10.0 Å². The van der Waals surface area contributed by atoms with Gasteiger partial charge >= 0.3 is 16.4 Å². The molecule has 3 aromatic rings. The summed E-state index contributed by atoms with van der Waals surface area (Å²) in [5.41, 5.74) is 1.25. The van der Waals surface area contributed by atoms with E-state index < -0.39 is 21.9 Å². The Morgan fingerprint density at radius 2 is 1.70 bits per heavy atom. The fourth-order valence-corrected chi connectivity index (χ4v) is 4.50. The number of benzene rings is 2.